The first kappa shape index (κ1) is 13.5. The van der Waals surface area contributed by atoms with Crippen LogP contribution in [0.4, 0.5) is 13.2 Å². The van der Waals surface area contributed by atoms with E-state index >= 15 is 0 Å². The topological polar surface area (TPSA) is 17.1 Å². The van der Waals surface area contributed by atoms with Crippen LogP contribution in [0.15, 0.2) is 22.7 Å². The van der Waals surface area contributed by atoms with E-state index < -0.39 is 17.5 Å². The van der Waals surface area contributed by atoms with Crippen molar-refractivity contribution in [3.8, 4) is 0 Å². The van der Waals surface area contributed by atoms with Crippen LogP contribution in [0.1, 0.15) is 11.1 Å². The number of carbonyl (C=O) groups excluding carboxylic acids is 1. The third-order valence-corrected chi connectivity index (χ3v) is 2.99. The summed E-state index contributed by atoms with van der Waals surface area (Å²) in [6.45, 7) is 0. The van der Waals surface area contributed by atoms with Gasteiger partial charge in [0.25, 0.3) is 0 Å². The van der Waals surface area contributed by atoms with Crippen molar-refractivity contribution in [2.24, 2.45) is 0 Å². The first-order chi connectivity index (χ1) is 7.36. The van der Waals surface area contributed by atoms with Crippen LogP contribution in [0.5, 0.6) is 0 Å². The fourth-order valence-corrected chi connectivity index (χ4v) is 1.85. The van der Waals surface area contributed by atoms with Gasteiger partial charge in [-0.05, 0) is 17.7 Å². The number of carbonyl (C=O) groups is 1. The summed E-state index contributed by atoms with van der Waals surface area (Å²) in [4.78, 5) is 11.1. The lowest BCUT2D eigenvalue weighted by atomic mass is 10.0. The first-order valence-electron chi connectivity index (χ1n) is 4.28. The van der Waals surface area contributed by atoms with Crippen molar-refractivity contribution in [2.75, 3.05) is 5.88 Å². The Labute approximate surface area is 104 Å². The van der Waals surface area contributed by atoms with Crippen LogP contribution >= 0.6 is 27.5 Å². The summed E-state index contributed by atoms with van der Waals surface area (Å²) >= 11 is 8.28. The van der Waals surface area contributed by atoms with E-state index in [1.165, 1.54) is 12.1 Å². The van der Waals surface area contributed by atoms with Gasteiger partial charge in [-0.25, -0.2) is 0 Å². The maximum atomic E-state index is 12.6. The molecule has 0 aliphatic heterocycles. The molecule has 0 unspecified atom stereocenters. The summed E-state index contributed by atoms with van der Waals surface area (Å²) in [5.74, 6) is -0.738. The van der Waals surface area contributed by atoms with Crippen LogP contribution in [0.25, 0.3) is 0 Å². The lowest BCUT2D eigenvalue weighted by Crippen LogP contribution is -2.13. The molecule has 0 aliphatic rings. The van der Waals surface area contributed by atoms with Gasteiger partial charge in [0.15, 0.2) is 5.78 Å². The maximum Gasteiger partial charge on any atom is 0.416 e. The highest BCUT2D eigenvalue weighted by Crippen LogP contribution is 2.35. The minimum absolute atomic E-state index is 0.0688. The van der Waals surface area contributed by atoms with Crippen molar-refractivity contribution < 1.29 is 18.0 Å². The molecule has 6 heteroatoms. The third kappa shape index (κ3) is 3.22. The van der Waals surface area contributed by atoms with E-state index in [9.17, 15) is 18.0 Å². The quantitative estimate of drug-likeness (QED) is 0.775. The zero-order valence-corrected chi connectivity index (χ0v) is 10.3. The lowest BCUT2D eigenvalue weighted by molar-refractivity contribution is -0.138. The number of hydrogen-bond donors (Lipinski definition) is 0. The molecule has 1 rings (SSSR count). The average Bonchev–Trinajstić information content (AvgIpc) is 2.19. The molecule has 0 amide bonds. The van der Waals surface area contributed by atoms with Gasteiger partial charge in [-0.3, -0.25) is 4.79 Å². The molecule has 0 heterocycles. The Morgan fingerprint density at radius 2 is 2.00 bits per heavy atom. The highest BCUT2D eigenvalue weighted by atomic mass is 79.9. The van der Waals surface area contributed by atoms with Gasteiger partial charge in [-0.2, -0.15) is 13.2 Å². The second-order valence-electron chi connectivity index (χ2n) is 3.11. The Bertz CT molecular complexity index is 404. The fourth-order valence-electron chi connectivity index (χ4n) is 1.25. The molecule has 0 atom stereocenters. The van der Waals surface area contributed by atoms with E-state index in [1.54, 1.807) is 0 Å². The third-order valence-electron chi connectivity index (χ3n) is 1.95. The van der Waals surface area contributed by atoms with Gasteiger partial charge in [0.1, 0.15) is 0 Å². The molecule has 0 N–H and O–H groups in total. The van der Waals surface area contributed by atoms with Gasteiger partial charge >= 0.3 is 6.18 Å². The molecule has 0 bridgehead atoms. The Hall–Kier alpha value is -0.550. The van der Waals surface area contributed by atoms with Crippen LogP contribution in [0.3, 0.4) is 0 Å². The molecule has 0 fully saturated rings. The highest BCUT2D eigenvalue weighted by Gasteiger charge is 2.34. The number of ketones is 1. The summed E-state index contributed by atoms with van der Waals surface area (Å²) in [5.41, 5.74) is -0.874. The molecular formula is C10H7BrClF3O. The Morgan fingerprint density at radius 3 is 2.50 bits per heavy atom. The van der Waals surface area contributed by atoms with Crippen LogP contribution in [0.2, 0.25) is 0 Å². The molecule has 0 aliphatic carbocycles. The highest BCUT2D eigenvalue weighted by molar-refractivity contribution is 9.10. The van der Waals surface area contributed by atoms with Crippen molar-refractivity contribution in [1.82, 2.24) is 0 Å². The minimum atomic E-state index is -4.47. The van der Waals surface area contributed by atoms with E-state index in [1.807, 2.05) is 0 Å². The number of alkyl halides is 4. The Kier molecular flexibility index (Phi) is 4.38. The van der Waals surface area contributed by atoms with E-state index in [0.717, 1.165) is 6.07 Å². The first-order valence-corrected chi connectivity index (χ1v) is 5.61. The molecule has 0 spiro atoms. The van der Waals surface area contributed by atoms with Crippen molar-refractivity contribution in [3.63, 3.8) is 0 Å². The predicted octanol–water partition coefficient (Wildman–Crippen LogP) is 3.82. The van der Waals surface area contributed by atoms with Gasteiger partial charge < -0.3 is 0 Å². The largest absolute Gasteiger partial charge is 0.416 e. The fraction of sp³-hybridized carbons (Fsp3) is 0.300. The summed E-state index contributed by atoms with van der Waals surface area (Å²) in [5, 5.41) is 0. The van der Waals surface area contributed by atoms with Gasteiger partial charge in [0.05, 0.1) is 11.4 Å². The van der Waals surface area contributed by atoms with Gasteiger partial charge in [-0.1, -0.05) is 22.0 Å². The van der Waals surface area contributed by atoms with E-state index in [0.29, 0.717) is 0 Å². The molecule has 1 aromatic rings. The van der Waals surface area contributed by atoms with Crippen molar-refractivity contribution >= 4 is 33.3 Å². The summed E-state index contributed by atoms with van der Waals surface area (Å²) in [6.07, 6.45) is -4.79. The van der Waals surface area contributed by atoms with Gasteiger partial charge in [-0.15, -0.1) is 11.6 Å². The number of hydrogen-bond acceptors (Lipinski definition) is 1. The summed E-state index contributed by atoms with van der Waals surface area (Å²) in [7, 11) is 0. The van der Waals surface area contributed by atoms with Crippen molar-refractivity contribution in [3.05, 3.63) is 33.8 Å². The normalized spacial score (nSPS) is 11.6. The molecular weight excluding hydrogens is 308 g/mol. The molecule has 16 heavy (non-hydrogen) atoms. The second kappa shape index (κ2) is 5.19. The molecule has 0 saturated heterocycles. The monoisotopic (exact) mass is 314 g/mol. The number of halogens is 5. The zero-order chi connectivity index (χ0) is 12.3. The number of benzene rings is 1. The molecule has 0 radical (unpaired) electrons. The van der Waals surface area contributed by atoms with Gasteiger partial charge in [0, 0.05) is 10.9 Å². The number of rotatable bonds is 3. The van der Waals surface area contributed by atoms with Gasteiger partial charge in [0.2, 0.25) is 0 Å². The van der Waals surface area contributed by atoms with E-state index in [-0.39, 0.29) is 22.3 Å². The SMILES string of the molecule is O=C(CCl)Cc1c(Br)cccc1C(F)(F)F. The number of Topliss-reactive ketones (excluding diaryl/α,β-unsaturated/α-hetero) is 1. The van der Waals surface area contributed by atoms with E-state index in [4.69, 9.17) is 11.6 Å². The Balaban J connectivity index is 3.19. The van der Waals surface area contributed by atoms with Crippen LogP contribution in [0, 0.1) is 0 Å². The predicted molar refractivity (Wildman–Crippen MR) is 58.6 cm³/mol. The molecule has 1 nitrogen and oxygen atoms in total. The van der Waals surface area contributed by atoms with Crippen LogP contribution in [-0.2, 0) is 17.4 Å². The van der Waals surface area contributed by atoms with Crippen molar-refractivity contribution in [2.45, 2.75) is 12.6 Å². The second-order valence-corrected chi connectivity index (χ2v) is 4.23. The summed E-state index contributed by atoms with van der Waals surface area (Å²) < 4.78 is 38.1. The van der Waals surface area contributed by atoms with Crippen LogP contribution in [-0.4, -0.2) is 11.7 Å². The molecule has 0 saturated carbocycles. The standard InChI is InChI=1S/C10H7BrClF3O/c11-9-3-1-2-8(10(13,14)15)7(9)4-6(16)5-12/h1-3H,4-5H2. The zero-order valence-electron chi connectivity index (χ0n) is 7.94. The lowest BCUT2D eigenvalue weighted by Gasteiger charge is -2.13. The smallest absolute Gasteiger partial charge is 0.298 e. The molecule has 1 aromatic carbocycles. The summed E-state index contributed by atoms with van der Waals surface area (Å²) in [6, 6.07) is 3.69. The average molecular weight is 316 g/mol. The molecule has 88 valence electrons. The van der Waals surface area contributed by atoms with E-state index in [2.05, 4.69) is 15.9 Å². The molecule has 0 aromatic heterocycles. The minimum Gasteiger partial charge on any atom is -0.298 e. The van der Waals surface area contributed by atoms with Crippen molar-refractivity contribution in [1.29, 1.82) is 0 Å². The maximum absolute atomic E-state index is 12.6. The Morgan fingerprint density at radius 1 is 1.38 bits per heavy atom. The van der Waals surface area contributed by atoms with Crippen LogP contribution < -0.4 is 0 Å².